The molecular weight excluding hydrogens is 152 g/mol. The minimum Gasteiger partial charge on any atom is -0.392 e. The van der Waals surface area contributed by atoms with E-state index in [0.29, 0.717) is 6.04 Å². The maximum Gasteiger partial charge on any atom is 0.0715 e. The smallest absolute Gasteiger partial charge is 0.0715 e. The van der Waals surface area contributed by atoms with Crippen molar-refractivity contribution < 1.29 is 5.11 Å². The highest BCUT2D eigenvalue weighted by Crippen LogP contribution is 2.31. The van der Waals surface area contributed by atoms with E-state index in [1.807, 2.05) is 17.8 Å². The van der Waals surface area contributed by atoms with E-state index in [0.717, 1.165) is 11.3 Å². The van der Waals surface area contributed by atoms with Crippen molar-refractivity contribution in [2.24, 2.45) is 0 Å². The summed E-state index contributed by atoms with van der Waals surface area (Å²) in [5.74, 6) is 0. The molecule has 0 bridgehead atoms. The third-order valence-electron chi connectivity index (χ3n) is 2.64. The van der Waals surface area contributed by atoms with Crippen LogP contribution in [0.2, 0.25) is 0 Å². The number of hydrogen-bond acceptors (Lipinski definition) is 2. The van der Waals surface area contributed by atoms with Crippen LogP contribution in [0.5, 0.6) is 0 Å². The van der Waals surface area contributed by atoms with Crippen LogP contribution in [0, 0.1) is 6.92 Å². The zero-order valence-electron chi connectivity index (χ0n) is 7.32. The Morgan fingerprint density at radius 1 is 1.67 bits per heavy atom. The lowest BCUT2D eigenvalue weighted by Crippen LogP contribution is -2.17. The molecule has 3 nitrogen and oxygen atoms in total. The average Bonchev–Trinajstić information content (AvgIpc) is 2.27. The number of aliphatic hydroxyl groups excluding tert-OH is 1. The molecule has 0 saturated heterocycles. The van der Waals surface area contributed by atoms with Gasteiger partial charge in [-0.25, -0.2) is 0 Å². The van der Waals surface area contributed by atoms with Gasteiger partial charge < -0.3 is 5.11 Å². The molecule has 3 heteroatoms. The normalized spacial score (nSPS) is 17.8. The van der Waals surface area contributed by atoms with Gasteiger partial charge in [-0.15, -0.1) is 0 Å². The molecule has 1 heterocycles. The minimum absolute atomic E-state index is 0.110. The number of aryl methyl sites for hydroxylation is 1. The number of aromatic nitrogens is 2. The third-order valence-corrected chi connectivity index (χ3v) is 2.64. The first-order valence-corrected chi connectivity index (χ1v) is 4.46. The highest BCUT2D eigenvalue weighted by molar-refractivity contribution is 5.14. The molecule has 0 spiro atoms. The maximum absolute atomic E-state index is 8.95. The van der Waals surface area contributed by atoms with Crippen molar-refractivity contribution >= 4 is 0 Å². The van der Waals surface area contributed by atoms with Gasteiger partial charge in [-0.2, -0.15) is 5.10 Å². The van der Waals surface area contributed by atoms with E-state index in [2.05, 4.69) is 5.10 Å². The molecule has 1 N–H and O–H groups in total. The Labute approximate surface area is 72.0 Å². The van der Waals surface area contributed by atoms with Gasteiger partial charge in [-0.1, -0.05) is 0 Å². The molecule has 1 aromatic rings. The van der Waals surface area contributed by atoms with Crippen LogP contribution in [0.15, 0.2) is 6.20 Å². The highest BCUT2D eigenvalue weighted by Gasteiger charge is 2.20. The molecular formula is C9H14N2O. The lowest BCUT2D eigenvalue weighted by atomic mass is 9.93. The quantitative estimate of drug-likeness (QED) is 0.721. The van der Waals surface area contributed by atoms with Gasteiger partial charge in [0.15, 0.2) is 0 Å². The van der Waals surface area contributed by atoms with Gasteiger partial charge >= 0.3 is 0 Å². The van der Waals surface area contributed by atoms with Crippen LogP contribution in [0.25, 0.3) is 0 Å². The fraction of sp³-hybridized carbons (Fsp3) is 0.667. The summed E-state index contributed by atoms with van der Waals surface area (Å²) in [6.07, 6.45) is 5.77. The van der Waals surface area contributed by atoms with Crippen molar-refractivity contribution in [1.29, 1.82) is 0 Å². The highest BCUT2D eigenvalue weighted by atomic mass is 16.3. The number of hydrogen-bond donors (Lipinski definition) is 1. The molecule has 2 rings (SSSR count). The van der Waals surface area contributed by atoms with Crippen molar-refractivity contribution in [2.45, 2.75) is 38.8 Å². The molecule has 0 aromatic carbocycles. The van der Waals surface area contributed by atoms with Crippen molar-refractivity contribution in [3.63, 3.8) is 0 Å². The monoisotopic (exact) mass is 166 g/mol. The summed E-state index contributed by atoms with van der Waals surface area (Å²) >= 11 is 0. The van der Waals surface area contributed by atoms with Gasteiger partial charge in [0, 0.05) is 11.8 Å². The van der Waals surface area contributed by atoms with E-state index < -0.39 is 0 Å². The summed E-state index contributed by atoms with van der Waals surface area (Å²) in [7, 11) is 0. The molecule has 0 radical (unpaired) electrons. The average molecular weight is 166 g/mol. The van der Waals surface area contributed by atoms with Crippen LogP contribution in [0.3, 0.4) is 0 Å². The van der Waals surface area contributed by atoms with Crippen molar-refractivity contribution in [3.8, 4) is 0 Å². The summed E-state index contributed by atoms with van der Waals surface area (Å²) in [5.41, 5.74) is 1.92. The van der Waals surface area contributed by atoms with Gasteiger partial charge in [0.05, 0.1) is 18.3 Å². The second-order valence-corrected chi connectivity index (χ2v) is 3.46. The van der Waals surface area contributed by atoms with E-state index in [1.165, 1.54) is 19.3 Å². The Morgan fingerprint density at radius 2 is 2.42 bits per heavy atom. The van der Waals surface area contributed by atoms with Gasteiger partial charge in [0.25, 0.3) is 0 Å². The van der Waals surface area contributed by atoms with Crippen molar-refractivity contribution in [1.82, 2.24) is 9.78 Å². The molecule has 1 aromatic heterocycles. The van der Waals surface area contributed by atoms with E-state index in [-0.39, 0.29) is 6.61 Å². The lowest BCUT2D eigenvalue weighted by Gasteiger charge is -2.25. The van der Waals surface area contributed by atoms with Crippen LogP contribution in [0.4, 0.5) is 0 Å². The second kappa shape index (κ2) is 2.90. The van der Waals surface area contributed by atoms with Crippen LogP contribution >= 0.6 is 0 Å². The molecule has 0 atom stereocenters. The summed E-state index contributed by atoms with van der Waals surface area (Å²) in [4.78, 5) is 0. The van der Waals surface area contributed by atoms with Gasteiger partial charge in [0.1, 0.15) is 0 Å². The lowest BCUT2D eigenvalue weighted by molar-refractivity contribution is 0.277. The molecule has 1 aliphatic rings. The molecule has 0 aliphatic heterocycles. The molecule has 0 unspecified atom stereocenters. The number of nitrogens with zero attached hydrogens (tertiary/aromatic N) is 2. The van der Waals surface area contributed by atoms with Gasteiger partial charge in [0.2, 0.25) is 0 Å². The summed E-state index contributed by atoms with van der Waals surface area (Å²) in [5, 5.41) is 13.3. The largest absolute Gasteiger partial charge is 0.392 e. The molecule has 66 valence electrons. The predicted molar refractivity (Wildman–Crippen MR) is 45.8 cm³/mol. The number of rotatable bonds is 2. The van der Waals surface area contributed by atoms with Crippen molar-refractivity contribution in [3.05, 3.63) is 17.5 Å². The maximum atomic E-state index is 8.95. The first-order chi connectivity index (χ1) is 5.81. The fourth-order valence-electron chi connectivity index (χ4n) is 1.51. The molecule has 1 aliphatic carbocycles. The molecule has 1 saturated carbocycles. The SMILES string of the molecule is Cc1nn(C2CCC2)cc1CO. The third kappa shape index (κ3) is 1.14. The van der Waals surface area contributed by atoms with Crippen molar-refractivity contribution in [2.75, 3.05) is 0 Å². The van der Waals surface area contributed by atoms with E-state index in [4.69, 9.17) is 5.11 Å². The topological polar surface area (TPSA) is 38.0 Å². The van der Waals surface area contributed by atoms with Crippen LogP contribution in [-0.2, 0) is 6.61 Å². The Balaban J connectivity index is 2.21. The standard InChI is InChI=1S/C9H14N2O/c1-7-8(6-12)5-11(10-7)9-3-2-4-9/h5,9,12H,2-4,6H2,1H3. The zero-order chi connectivity index (χ0) is 8.55. The second-order valence-electron chi connectivity index (χ2n) is 3.46. The van der Waals surface area contributed by atoms with Gasteiger partial charge in [-0.05, 0) is 26.2 Å². The molecule has 1 fully saturated rings. The Bertz CT molecular complexity index is 276. The molecule has 0 amide bonds. The zero-order valence-corrected chi connectivity index (χ0v) is 7.32. The van der Waals surface area contributed by atoms with E-state index >= 15 is 0 Å². The number of aliphatic hydroxyl groups is 1. The Kier molecular flexibility index (Phi) is 1.89. The van der Waals surface area contributed by atoms with Crippen LogP contribution < -0.4 is 0 Å². The first kappa shape index (κ1) is 7.80. The Hall–Kier alpha value is -0.830. The minimum atomic E-state index is 0.110. The summed E-state index contributed by atoms with van der Waals surface area (Å²) in [6.45, 7) is 2.05. The van der Waals surface area contributed by atoms with Crippen LogP contribution in [-0.4, -0.2) is 14.9 Å². The van der Waals surface area contributed by atoms with E-state index in [9.17, 15) is 0 Å². The molecule has 12 heavy (non-hydrogen) atoms. The first-order valence-electron chi connectivity index (χ1n) is 4.46. The summed E-state index contributed by atoms with van der Waals surface area (Å²) < 4.78 is 2.00. The van der Waals surface area contributed by atoms with E-state index in [1.54, 1.807) is 0 Å². The predicted octanol–water partition coefficient (Wildman–Crippen LogP) is 1.41. The Morgan fingerprint density at radius 3 is 2.83 bits per heavy atom. The fourth-order valence-corrected chi connectivity index (χ4v) is 1.51. The summed E-state index contributed by atoms with van der Waals surface area (Å²) in [6, 6.07) is 0.601. The van der Waals surface area contributed by atoms with Crippen LogP contribution in [0.1, 0.15) is 36.6 Å². The van der Waals surface area contributed by atoms with Gasteiger partial charge in [-0.3, -0.25) is 4.68 Å².